The SMILES string of the molecule is COc1ccc(CC(CC(C)C)NN=N)cc1OC. The van der Waals surface area contributed by atoms with Gasteiger partial charge in [0, 0.05) is 6.04 Å². The van der Waals surface area contributed by atoms with Gasteiger partial charge in [-0.15, -0.1) is 0 Å². The third-order valence-electron chi connectivity index (χ3n) is 2.93. The molecule has 1 unspecified atom stereocenters. The molecule has 2 N–H and O–H groups in total. The molecule has 0 saturated heterocycles. The van der Waals surface area contributed by atoms with Crippen LogP contribution >= 0.6 is 0 Å². The van der Waals surface area contributed by atoms with Crippen molar-refractivity contribution >= 4 is 0 Å². The Bertz CT molecular complexity index is 408. The Kier molecular flexibility index (Phi) is 6.12. The second-order valence-corrected chi connectivity index (χ2v) is 4.96. The number of benzene rings is 1. The molecule has 0 spiro atoms. The van der Waals surface area contributed by atoms with Crippen molar-refractivity contribution in [3.63, 3.8) is 0 Å². The molecule has 1 aromatic rings. The second-order valence-electron chi connectivity index (χ2n) is 4.96. The van der Waals surface area contributed by atoms with Gasteiger partial charge in [0.1, 0.15) is 0 Å². The van der Waals surface area contributed by atoms with Crippen LogP contribution in [0.1, 0.15) is 25.8 Å². The van der Waals surface area contributed by atoms with Crippen LogP contribution in [0.3, 0.4) is 0 Å². The quantitative estimate of drug-likeness (QED) is 0.560. The highest BCUT2D eigenvalue weighted by atomic mass is 16.5. The lowest BCUT2D eigenvalue weighted by molar-refractivity contribution is 0.353. The van der Waals surface area contributed by atoms with Crippen molar-refractivity contribution in [2.45, 2.75) is 32.7 Å². The summed E-state index contributed by atoms with van der Waals surface area (Å²) in [6.45, 7) is 4.32. The number of hydrogen-bond acceptors (Lipinski definition) is 4. The Hall–Kier alpha value is -1.78. The van der Waals surface area contributed by atoms with Gasteiger partial charge in [0.15, 0.2) is 11.5 Å². The highest BCUT2D eigenvalue weighted by molar-refractivity contribution is 5.43. The third-order valence-corrected chi connectivity index (χ3v) is 2.93. The van der Waals surface area contributed by atoms with E-state index in [4.69, 9.17) is 15.0 Å². The van der Waals surface area contributed by atoms with Crippen LogP contribution in [0.25, 0.3) is 0 Å². The van der Waals surface area contributed by atoms with Crippen molar-refractivity contribution in [2.24, 2.45) is 11.1 Å². The van der Waals surface area contributed by atoms with Crippen molar-refractivity contribution in [3.8, 4) is 11.5 Å². The summed E-state index contributed by atoms with van der Waals surface area (Å²) in [6, 6.07) is 6.05. The molecular weight excluding hydrogens is 242 g/mol. The van der Waals surface area contributed by atoms with Crippen LogP contribution in [0, 0.1) is 11.4 Å². The maximum atomic E-state index is 6.95. The highest BCUT2D eigenvalue weighted by Gasteiger charge is 2.13. The Labute approximate surface area is 114 Å². The molecule has 0 radical (unpaired) electrons. The molecule has 0 amide bonds. The van der Waals surface area contributed by atoms with Gasteiger partial charge in [0.2, 0.25) is 0 Å². The maximum absolute atomic E-state index is 6.95. The summed E-state index contributed by atoms with van der Waals surface area (Å²) in [5.41, 5.74) is 10.9. The molecule has 5 heteroatoms. The van der Waals surface area contributed by atoms with Crippen molar-refractivity contribution in [2.75, 3.05) is 14.2 Å². The van der Waals surface area contributed by atoms with Crippen LogP contribution in [0.15, 0.2) is 23.4 Å². The summed E-state index contributed by atoms with van der Waals surface area (Å²) < 4.78 is 10.5. The fraction of sp³-hybridized carbons (Fsp3) is 0.571. The van der Waals surface area contributed by atoms with E-state index in [1.807, 2.05) is 18.2 Å². The normalized spacial score (nSPS) is 12.1. The third kappa shape index (κ3) is 4.77. The van der Waals surface area contributed by atoms with Crippen LogP contribution in [0.2, 0.25) is 0 Å². The summed E-state index contributed by atoms with van der Waals surface area (Å²) in [4.78, 5) is 0. The van der Waals surface area contributed by atoms with Gasteiger partial charge in [-0.1, -0.05) is 25.1 Å². The first-order chi connectivity index (χ1) is 9.10. The minimum absolute atomic E-state index is 0.163. The first kappa shape index (κ1) is 15.3. The molecule has 0 aromatic heterocycles. The van der Waals surface area contributed by atoms with Crippen LogP contribution in [0.5, 0.6) is 11.5 Å². The number of rotatable bonds is 8. The van der Waals surface area contributed by atoms with E-state index < -0.39 is 0 Å². The molecule has 0 fully saturated rings. The average molecular weight is 265 g/mol. The Morgan fingerprint density at radius 1 is 1.21 bits per heavy atom. The Balaban J connectivity index is 2.80. The number of hydrogen-bond donors (Lipinski definition) is 2. The monoisotopic (exact) mass is 265 g/mol. The molecule has 0 saturated carbocycles. The van der Waals surface area contributed by atoms with Crippen molar-refractivity contribution in [1.29, 1.82) is 5.53 Å². The topological polar surface area (TPSA) is 66.7 Å². The van der Waals surface area contributed by atoms with Crippen LogP contribution in [-0.2, 0) is 6.42 Å². The fourth-order valence-electron chi connectivity index (χ4n) is 2.13. The molecule has 0 heterocycles. The predicted octanol–water partition coefficient (Wildman–Crippen LogP) is 3.20. The molecule has 0 bridgehead atoms. The maximum Gasteiger partial charge on any atom is 0.160 e. The molecule has 19 heavy (non-hydrogen) atoms. The lowest BCUT2D eigenvalue weighted by Crippen LogP contribution is -2.28. The molecule has 0 aliphatic rings. The largest absolute Gasteiger partial charge is 0.493 e. The molecule has 0 aliphatic heterocycles. The number of nitrogens with zero attached hydrogens (tertiary/aromatic N) is 1. The van der Waals surface area contributed by atoms with E-state index in [0.29, 0.717) is 5.92 Å². The van der Waals surface area contributed by atoms with Crippen molar-refractivity contribution in [1.82, 2.24) is 5.43 Å². The molecule has 106 valence electrons. The molecule has 1 rings (SSSR count). The van der Waals surface area contributed by atoms with Gasteiger partial charge in [0.25, 0.3) is 0 Å². The molecule has 0 aliphatic carbocycles. The summed E-state index contributed by atoms with van der Waals surface area (Å²) in [5, 5.41) is 3.31. The van der Waals surface area contributed by atoms with Gasteiger partial charge < -0.3 is 9.47 Å². The Morgan fingerprint density at radius 2 is 1.89 bits per heavy atom. The van der Waals surface area contributed by atoms with Gasteiger partial charge in [-0.2, -0.15) is 5.53 Å². The van der Waals surface area contributed by atoms with Gasteiger partial charge >= 0.3 is 0 Å². The summed E-state index contributed by atoms with van der Waals surface area (Å²) >= 11 is 0. The molecule has 1 atom stereocenters. The van der Waals surface area contributed by atoms with Gasteiger partial charge in [0.05, 0.1) is 14.2 Å². The van der Waals surface area contributed by atoms with Crippen LogP contribution < -0.4 is 14.9 Å². The van der Waals surface area contributed by atoms with E-state index in [2.05, 4.69) is 24.5 Å². The first-order valence-electron chi connectivity index (χ1n) is 6.43. The van der Waals surface area contributed by atoms with E-state index in [-0.39, 0.29) is 6.04 Å². The minimum atomic E-state index is 0.163. The van der Waals surface area contributed by atoms with E-state index in [1.165, 1.54) is 0 Å². The van der Waals surface area contributed by atoms with E-state index in [9.17, 15) is 0 Å². The fourth-order valence-corrected chi connectivity index (χ4v) is 2.13. The predicted molar refractivity (Wildman–Crippen MR) is 74.8 cm³/mol. The summed E-state index contributed by atoms with van der Waals surface area (Å²) in [5.74, 6) is 2.01. The van der Waals surface area contributed by atoms with E-state index in [1.54, 1.807) is 14.2 Å². The molecular formula is C14H23N3O2. The summed E-state index contributed by atoms with van der Waals surface area (Å²) in [6.07, 6.45) is 1.78. The lowest BCUT2D eigenvalue weighted by Gasteiger charge is -2.18. The smallest absolute Gasteiger partial charge is 0.160 e. The second kappa shape index (κ2) is 7.61. The zero-order valence-electron chi connectivity index (χ0n) is 12.1. The zero-order valence-corrected chi connectivity index (χ0v) is 12.1. The lowest BCUT2D eigenvalue weighted by atomic mass is 9.97. The average Bonchev–Trinajstić information content (AvgIpc) is 2.38. The number of nitrogens with one attached hydrogen (secondary N) is 2. The van der Waals surface area contributed by atoms with Gasteiger partial charge in [-0.3, -0.25) is 5.43 Å². The molecule has 1 aromatic carbocycles. The minimum Gasteiger partial charge on any atom is -0.493 e. The van der Waals surface area contributed by atoms with Gasteiger partial charge in [-0.25, -0.2) is 0 Å². The van der Waals surface area contributed by atoms with E-state index in [0.717, 1.165) is 29.9 Å². The van der Waals surface area contributed by atoms with Crippen molar-refractivity contribution in [3.05, 3.63) is 23.8 Å². The number of ether oxygens (including phenoxy) is 2. The van der Waals surface area contributed by atoms with Crippen LogP contribution in [0.4, 0.5) is 0 Å². The van der Waals surface area contributed by atoms with E-state index >= 15 is 0 Å². The zero-order chi connectivity index (χ0) is 14.3. The standard InChI is InChI=1S/C14H23N3O2/c1-10(2)7-12(16-17-15)8-11-5-6-13(18-3)14(9-11)19-4/h5-6,9-10,12H,7-8H2,1-4H3,(H2,15,16). The first-order valence-corrected chi connectivity index (χ1v) is 6.43. The van der Waals surface area contributed by atoms with Crippen LogP contribution in [-0.4, -0.2) is 20.3 Å². The van der Waals surface area contributed by atoms with Crippen molar-refractivity contribution < 1.29 is 9.47 Å². The highest BCUT2D eigenvalue weighted by Crippen LogP contribution is 2.28. The summed E-state index contributed by atoms with van der Waals surface area (Å²) in [7, 11) is 3.25. The van der Waals surface area contributed by atoms with Gasteiger partial charge in [-0.05, 0) is 36.5 Å². The Morgan fingerprint density at radius 3 is 2.42 bits per heavy atom. The molecule has 5 nitrogen and oxygen atoms in total. The number of methoxy groups -OCH3 is 2.